The van der Waals surface area contributed by atoms with E-state index in [1.54, 1.807) is 12.3 Å². The number of aromatic nitrogens is 2. The van der Waals surface area contributed by atoms with E-state index in [2.05, 4.69) is 20.6 Å². The Hall–Kier alpha value is -2.03. The monoisotopic (exact) mass is 395 g/mol. The van der Waals surface area contributed by atoms with E-state index in [9.17, 15) is 9.59 Å². The van der Waals surface area contributed by atoms with E-state index in [-0.39, 0.29) is 17.0 Å². The summed E-state index contributed by atoms with van der Waals surface area (Å²) >= 11 is 7.47. The molecule has 140 valence electrons. The first-order valence-electron chi connectivity index (χ1n) is 8.11. The van der Waals surface area contributed by atoms with E-state index >= 15 is 0 Å². The maximum absolute atomic E-state index is 12.1. The van der Waals surface area contributed by atoms with Crippen LogP contribution < -0.4 is 10.6 Å². The van der Waals surface area contributed by atoms with Gasteiger partial charge >= 0.3 is 0 Å². The molecule has 0 radical (unpaired) electrons. The van der Waals surface area contributed by atoms with Gasteiger partial charge in [0.2, 0.25) is 11.8 Å². The molecule has 2 aromatic heterocycles. The SMILES string of the molecule is CC(=O)Nc1nc(C)c(-c2cnc(Cl)c(NC(=O)CCCN(C)C)c2)s1. The highest BCUT2D eigenvalue weighted by atomic mass is 35.5. The van der Waals surface area contributed by atoms with Crippen molar-refractivity contribution in [1.82, 2.24) is 14.9 Å². The molecule has 7 nitrogen and oxygen atoms in total. The van der Waals surface area contributed by atoms with Gasteiger partial charge < -0.3 is 15.5 Å². The molecule has 26 heavy (non-hydrogen) atoms. The number of halogens is 1. The van der Waals surface area contributed by atoms with Crippen LogP contribution in [0, 0.1) is 6.92 Å². The first-order chi connectivity index (χ1) is 12.3. The van der Waals surface area contributed by atoms with Crippen molar-refractivity contribution in [3.63, 3.8) is 0 Å². The summed E-state index contributed by atoms with van der Waals surface area (Å²) < 4.78 is 0. The quantitative estimate of drug-likeness (QED) is 0.701. The summed E-state index contributed by atoms with van der Waals surface area (Å²) in [4.78, 5) is 34.7. The van der Waals surface area contributed by atoms with Gasteiger partial charge in [0.25, 0.3) is 0 Å². The van der Waals surface area contributed by atoms with E-state index in [4.69, 9.17) is 11.6 Å². The van der Waals surface area contributed by atoms with Gasteiger partial charge in [0.1, 0.15) is 0 Å². The van der Waals surface area contributed by atoms with Crippen LogP contribution in [0.2, 0.25) is 5.15 Å². The van der Waals surface area contributed by atoms with Gasteiger partial charge in [0.05, 0.1) is 16.3 Å². The largest absolute Gasteiger partial charge is 0.323 e. The summed E-state index contributed by atoms with van der Waals surface area (Å²) in [5.41, 5.74) is 2.02. The van der Waals surface area contributed by atoms with E-state index in [1.807, 2.05) is 25.9 Å². The molecule has 0 bridgehead atoms. The second kappa shape index (κ2) is 9.07. The smallest absolute Gasteiger partial charge is 0.224 e. The second-order valence-corrected chi connectivity index (χ2v) is 7.49. The molecule has 0 atom stereocenters. The Kier molecular flexibility index (Phi) is 7.07. The van der Waals surface area contributed by atoms with Crippen LogP contribution in [0.3, 0.4) is 0 Å². The summed E-state index contributed by atoms with van der Waals surface area (Å²) in [5.74, 6) is -0.280. The predicted octanol–water partition coefficient (Wildman–Crippen LogP) is 3.41. The highest BCUT2D eigenvalue weighted by molar-refractivity contribution is 7.19. The molecule has 2 aromatic rings. The number of hydrogen-bond donors (Lipinski definition) is 2. The van der Waals surface area contributed by atoms with Gasteiger partial charge in [0, 0.05) is 25.1 Å². The molecule has 2 rings (SSSR count). The Balaban J connectivity index is 2.15. The number of carbonyl (C=O) groups is 2. The Morgan fingerprint density at radius 3 is 2.69 bits per heavy atom. The number of nitrogens with one attached hydrogen (secondary N) is 2. The zero-order chi connectivity index (χ0) is 19.3. The molecule has 2 N–H and O–H groups in total. The summed E-state index contributed by atoms with van der Waals surface area (Å²) in [6.45, 7) is 4.13. The van der Waals surface area contributed by atoms with Crippen LogP contribution >= 0.6 is 22.9 Å². The standard InChI is InChI=1S/C17H22ClN5O2S/c1-10-15(26-17(20-10)21-11(2)24)12-8-13(16(18)19-9-12)22-14(25)6-5-7-23(3)4/h8-9H,5-7H2,1-4H3,(H,22,25)(H,20,21,24). The minimum Gasteiger partial charge on any atom is -0.323 e. The highest BCUT2D eigenvalue weighted by Crippen LogP contribution is 2.35. The molecule has 0 aliphatic heterocycles. The van der Waals surface area contributed by atoms with Gasteiger partial charge in [-0.05, 0) is 40.1 Å². The first-order valence-corrected chi connectivity index (χ1v) is 9.31. The number of aryl methyl sites for hydroxylation is 1. The van der Waals surface area contributed by atoms with Gasteiger partial charge in [-0.1, -0.05) is 22.9 Å². The number of amides is 2. The molecule has 0 saturated carbocycles. The lowest BCUT2D eigenvalue weighted by Crippen LogP contribution is -2.17. The maximum Gasteiger partial charge on any atom is 0.224 e. The van der Waals surface area contributed by atoms with E-state index in [0.29, 0.717) is 17.2 Å². The summed E-state index contributed by atoms with van der Waals surface area (Å²) in [6, 6.07) is 1.78. The van der Waals surface area contributed by atoms with Crippen LogP contribution in [-0.2, 0) is 9.59 Å². The molecule has 2 amide bonds. The Morgan fingerprint density at radius 2 is 2.04 bits per heavy atom. The average molecular weight is 396 g/mol. The number of anilines is 2. The molecule has 0 fully saturated rings. The molecule has 9 heteroatoms. The summed E-state index contributed by atoms with van der Waals surface area (Å²) in [6.07, 6.45) is 2.80. The fraction of sp³-hybridized carbons (Fsp3) is 0.412. The van der Waals surface area contributed by atoms with Crippen LogP contribution in [0.4, 0.5) is 10.8 Å². The zero-order valence-electron chi connectivity index (χ0n) is 15.2. The zero-order valence-corrected chi connectivity index (χ0v) is 16.8. The number of pyridine rings is 1. The fourth-order valence-corrected chi connectivity index (χ4v) is 3.44. The van der Waals surface area contributed by atoms with Crippen molar-refractivity contribution in [2.24, 2.45) is 0 Å². The molecule has 0 aliphatic carbocycles. The van der Waals surface area contributed by atoms with Crippen molar-refractivity contribution in [1.29, 1.82) is 0 Å². The average Bonchev–Trinajstić information content (AvgIpc) is 2.88. The van der Waals surface area contributed by atoms with Crippen LogP contribution in [0.15, 0.2) is 12.3 Å². The molecule has 0 saturated heterocycles. The molecule has 0 aromatic carbocycles. The number of thiazole rings is 1. The number of nitrogens with zero attached hydrogens (tertiary/aromatic N) is 3. The van der Waals surface area contributed by atoms with Crippen LogP contribution in [0.1, 0.15) is 25.5 Å². The second-order valence-electron chi connectivity index (χ2n) is 6.13. The fourth-order valence-electron chi connectivity index (χ4n) is 2.30. The van der Waals surface area contributed by atoms with Crippen molar-refractivity contribution in [2.75, 3.05) is 31.3 Å². The van der Waals surface area contributed by atoms with Gasteiger partial charge in [-0.25, -0.2) is 9.97 Å². The lowest BCUT2D eigenvalue weighted by Gasteiger charge is -2.10. The number of hydrogen-bond acceptors (Lipinski definition) is 6. The van der Waals surface area contributed by atoms with Gasteiger partial charge in [-0.15, -0.1) is 0 Å². The van der Waals surface area contributed by atoms with Crippen molar-refractivity contribution in [3.05, 3.63) is 23.1 Å². The first kappa shape index (κ1) is 20.3. The van der Waals surface area contributed by atoms with Gasteiger partial charge in [0.15, 0.2) is 10.3 Å². The van der Waals surface area contributed by atoms with E-state index in [1.165, 1.54) is 18.3 Å². The third kappa shape index (κ3) is 5.76. The van der Waals surface area contributed by atoms with Crippen molar-refractivity contribution in [3.8, 4) is 10.4 Å². The van der Waals surface area contributed by atoms with Gasteiger partial charge in [-0.2, -0.15) is 0 Å². The van der Waals surface area contributed by atoms with E-state index < -0.39 is 0 Å². The molecular weight excluding hydrogens is 374 g/mol. The molecule has 2 heterocycles. The Labute approximate surface area is 161 Å². The summed E-state index contributed by atoms with van der Waals surface area (Å²) in [5, 5.41) is 6.25. The summed E-state index contributed by atoms with van der Waals surface area (Å²) in [7, 11) is 3.93. The number of rotatable bonds is 7. The van der Waals surface area contributed by atoms with Crippen molar-refractivity contribution in [2.45, 2.75) is 26.7 Å². The van der Waals surface area contributed by atoms with Crippen molar-refractivity contribution < 1.29 is 9.59 Å². The van der Waals surface area contributed by atoms with E-state index in [0.717, 1.165) is 29.1 Å². The normalized spacial score (nSPS) is 10.8. The minimum atomic E-state index is -0.176. The lowest BCUT2D eigenvalue weighted by atomic mass is 10.2. The van der Waals surface area contributed by atoms with Gasteiger partial charge in [-0.3, -0.25) is 9.59 Å². The van der Waals surface area contributed by atoms with Crippen LogP contribution in [0.25, 0.3) is 10.4 Å². The molecule has 0 spiro atoms. The van der Waals surface area contributed by atoms with Crippen LogP contribution in [0.5, 0.6) is 0 Å². The van der Waals surface area contributed by atoms with Crippen molar-refractivity contribution >= 4 is 45.6 Å². The maximum atomic E-state index is 12.1. The predicted molar refractivity (Wildman–Crippen MR) is 106 cm³/mol. The molecule has 0 unspecified atom stereocenters. The number of carbonyl (C=O) groups excluding carboxylic acids is 2. The minimum absolute atomic E-state index is 0.104. The molecule has 0 aliphatic rings. The van der Waals surface area contributed by atoms with Crippen LogP contribution in [-0.4, -0.2) is 47.3 Å². The lowest BCUT2D eigenvalue weighted by molar-refractivity contribution is -0.116. The Bertz CT molecular complexity index is 806. The third-order valence-corrected chi connectivity index (χ3v) is 4.89. The third-order valence-electron chi connectivity index (χ3n) is 3.46. The Morgan fingerprint density at radius 1 is 1.31 bits per heavy atom. The topological polar surface area (TPSA) is 87.2 Å². The molecular formula is C17H22ClN5O2S. The highest BCUT2D eigenvalue weighted by Gasteiger charge is 2.14.